The normalized spacial score (nSPS) is 10.9. The summed E-state index contributed by atoms with van der Waals surface area (Å²) in [4.78, 5) is 18.2. The first-order valence-electron chi connectivity index (χ1n) is 13.9. The molecule has 0 aliphatic rings. The van der Waals surface area contributed by atoms with Crippen molar-refractivity contribution in [2.75, 3.05) is 0 Å². The maximum atomic E-state index is 4.95. The molecule has 42 heavy (non-hydrogen) atoms. The third-order valence-electron chi connectivity index (χ3n) is 7.30. The lowest BCUT2D eigenvalue weighted by Crippen LogP contribution is -1.96. The molecule has 4 heteroatoms. The Morgan fingerprint density at radius 2 is 0.667 bits per heavy atom. The van der Waals surface area contributed by atoms with E-state index in [1.165, 1.54) is 27.8 Å². The predicted octanol–water partition coefficient (Wildman–Crippen LogP) is 9.27. The summed E-state index contributed by atoms with van der Waals surface area (Å²) in [7, 11) is 0. The second-order valence-corrected chi connectivity index (χ2v) is 10.0. The zero-order chi connectivity index (χ0) is 28.1. The first-order valence-corrected chi connectivity index (χ1v) is 13.9. The van der Waals surface area contributed by atoms with Gasteiger partial charge < -0.3 is 0 Å². The highest BCUT2D eigenvalue weighted by Crippen LogP contribution is 2.34. The van der Waals surface area contributed by atoms with Crippen molar-refractivity contribution in [2.24, 2.45) is 0 Å². The quantitative estimate of drug-likeness (QED) is 0.212. The molecule has 0 aliphatic carbocycles. The van der Waals surface area contributed by atoms with Gasteiger partial charge in [0.2, 0.25) is 0 Å². The summed E-state index contributed by atoms with van der Waals surface area (Å²) < 4.78 is 0. The Hall–Kier alpha value is -5.74. The van der Waals surface area contributed by atoms with E-state index in [0.717, 1.165) is 33.6 Å². The Morgan fingerprint density at radius 3 is 1.14 bits per heavy atom. The van der Waals surface area contributed by atoms with E-state index in [1.54, 1.807) is 24.8 Å². The molecule has 0 fully saturated rings. The fourth-order valence-electron chi connectivity index (χ4n) is 5.12. The molecule has 0 N–H and O–H groups in total. The van der Waals surface area contributed by atoms with Crippen LogP contribution in [0.4, 0.5) is 0 Å². The van der Waals surface area contributed by atoms with E-state index in [1.807, 2.05) is 30.3 Å². The number of hydrogen-bond acceptors (Lipinski definition) is 4. The van der Waals surface area contributed by atoms with Crippen LogP contribution in [0.5, 0.6) is 0 Å². The summed E-state index contributed by atoms with van der Waals surface area (Å²) in [6, 6.07) is 46.4. The van der Waals surface area contributed by atoms with Gasteiger partial charge >= 0.3 is 0 Å². The lowest BCUT2D eigenvalue weighted by molar-refractivity contribution is 1.17. The van der Waals surface area contributed by atoms with E-state index in [2.05, 4.69) is 113 Å². The van der Waals surface area contributed by atoms with Crippen LogP contribution in [-0.2, 0) is 0 Å². The number of nitrogens with zero attached hydrogens (tertiary/aromatic N) is 4. The third-order valence-corrected chi connectivity index (χ3v) is 7.30. The van der Waals surface area contributed by atoms with E-state index >= 15 is 0 Å². The fourth-order valence-corrected chi connectivity index (χ4v) is 5.12. The molecule has 0 atom stereocenters. The highest BCUT2D eigenvalue weighted by atomic mass is 14.9. The minimum atomic E-state index is 0.661. The van der Waals surface area contributed by atoms with Gasteiger partial charge in [-0.3, -0.25) is 9.97 Å². The summed E-state index contributed by atoms with van der Waals surface area (Å²) in [6.07, 6.45) is 7.09. The summed E-state index contributed by atoms with van der Waals surface area (Å²) in [5.41, 5.74) is 11.7. The topological polar surface area (TPSA) is 51.6 Å². The average Bonchev–Trinajstić information content (AvgIpc) is 3.09. The molecule has 7 aromatic rings. The molecule has 0 bridgehead atoms. The number of benzene rings is 4. The molecule has 0 aliphatic heterocycles. The lowest BCUT2D eigenvalue weighted by Gasteiger charge is -2.12. The van der Waals surface area contributed by atoms with Gasteiger partial charge in [-0.1, -0.05) is 84.9 Å². The van der Waals surface area contributed by atoms with Gasteiger partial charge in [-0.15, -0.1) is 0 Å². The van der Waals surface area contributed by atoms with Crippen LogP contribution in [-0.4, -0.2) is 19.9 Å². The van der Waals surface area contributed by atoms with E-state index < -0.39 is 0 Å². The van der Waals surface area contributed by atoms with Gasteiger partial charge in [-0.2, -0.15) is 0 Å². The highest BCUT2D eigenvalue weighted by molar-refractivity contribution is 5.82. The van der Waals surface area contributed by atoms with Gasteiger partial charge in [-0.25, -0.2) is 9.97 Å². The van der Waals surface area contributed by atoms with Crippen molar-refractivity contribution < 1.29 is 0 Å². The zero-order valence-electron chi connectivity index (χ0n) is 22.8. The van der Waals surface area contributed by atoms with Crippen LogP contribution in [0.25, 0.3) is 67.3 Å². The first-order chi connectivity index (χ1) is 20.8. The van der Waals surface area contributed by atoms with Gasteiger partial charge in [0.25, 0.3) is 0 Å². The molecular weight excluding hydrogens is 512 g/mol. The maximum Gasteiger partial charge on any atom is 0.160 e. The standard InChI is InChI=1S/C38H26N4/c1-3-7-27(8-4-1)33-23-34(28-9-5-2-6-10-28)25-35(24-33)29-11-13-30(14-12-29)36-26-37(31-15-19-39-20-16-31)42-38(41-36)32-17-21-40-22-18-32/h1-26H. The Balaban J connectivity index is 1.31. The average molecular weight is 539 g/mol. The van der Waals surface area contributed by atoms with E-state index in [0.29, 0.717) is 5.82 Å². The van der Waals surface area contributed by atoms with E-state index in [-0.39, 0.29) is 0 Å². The van der Waals surface area contributed by atoms with Crippen LogP contribution < -0.4 is 0 Å². The van der Waals surface area contributed by atoms with Crippen LogP contribution in [0, 0.1) is 0 Å². The highest BCUT2D eigenvalue weighted by Gasteiger charge is 2.12. The van der Waals surface area contributed by atoms with Gasteiger partial charge in [0.15, 0.2) is 5.82 Å². The van der Waals surface area contributed by atoms with Crippen LogP contribution in [0.1, 0.15) is 0 Å². The molecule has 4 nitrogen and oxygen atoms in total. The van der Waals surface area contributed by atoms with Crippen molar-refractivity contribution in [1.82, 2.24) is 19.9 Å². The lowest BCUT2D eigenvalue weighted by atomic mass is 9.93. The van der Waals surface area contributed by atoms with Gasteiger partial charge in [0.05, 0.1) is 11.4 Å². The third kappa shape index (κ3) is 5.34. The van der Waals surface area contributed by atoms with Crippen molar-refractivity contribution >= 4 is 0 Å². The van der Waals surface area contributed by atoms with Crippen molar-refractivity contribution in [1.29, 1.82) is 0 Å². The molecule has 0 amide bonds. The second-order valence-electron chi connectivity index (χ2n) is 10.0. The van der Waals surface area contributed by atoms with E-state index in [4.69, 9.17) is 9.97 Å². The SMILES string of the molecule is c1ccc(-c2cc(-c3ccccc3)cc(-c3ccc(-c4cc(-c5ccncc5)nc(-c5ccncc5)n4)cc3)c2)cc1. The summed E-state index contributed by atoms with van der Waals surface area (Å²) in [6.45, 7) is 0. The predicted molar refractivity (Wildman–Crippen MR) is 170 cm³/mol. The van der Waals surface area contributed by atoms with Crippen molar-refractivity contribution in [3.63, 3.8) is 0 Å². The van der Waals surface area contributed by atoms with Crippen molar-refractivity contribution in [3.05, 3.63) is 158 Å². The summed E-state index contributed by atoms with van der Waals surface area (Å²) in [5, 5.41) is 0. The molecule has 0 unspecified atom stereocenters. The van der Waals surface area contributed by atoms with Crippen LogP contribution in [0.3, 0.4) is 0 Å². The minimum Gasteiger partial charge on any atom is -0.265 e. The minimum absolute atomic E-state index is 0.661. The fraction of sp³-hybridized carbons (Fsp3) is 0. The Kier molecular flexibility index (Phi) is 6.85. The number of hydrogen-bond donors (Lipinski definition) is 0. The molecule has 7 rings (SSSR count). The monoisotopic (exact) mass is 538 g/mol. The zero-order valence-corrected chi connectivity index (χ0v) is 22.8. The number of pyridine rings is 2. The maximum absolute atomic E-state index is 4.95. The Bertz CT molecular complexity index is 1680. The molecule has 198 valence electrons. The van der Waals surface area contributed by atoms with Crippen molar-refractivity contribution in [3.8, 4) is 67.3 Å². The smallest absolute Gasteiger partial charge is 0.160 e. The molecular formula is C38H26N4. The van der Waals surface area contributed by atoms with Crippen LogP contribution in [0.2, 0.25) is 0 Å². The largest absolute Gasteiger partial charge is 0.265 e. The molecule has 0 saturated carbocycles. The molecule has 0 saturated heterocycles. The van der Waals surface area contributed by atoms with Crippen LogP contribution >= 0.6 is 0 Å². The van der Waals surface area contributed by atoms with E-state index in [9.17, 15) is 0 Å². The molecule has 0 spiro atoms. The Labute approximate surface area is 245 Å². The molecule has 4 aromatic carbocycles. The molecule has 3 aromatic heterocycles. The van der Waals surface area contributed by atoms with Crippen molar-refractivity contribution in [2.45, 2.75) is 0 Å². The number of rotatable bonds is 6. The summed E-state index contributed by atoms with van der Waals surface area (Å²) in [5.74, 6) is 0.661. The first kappa shape index (κ1) is 25.2. The van der Waals surface area contributed by atoms with Gasteiger partial charge in [0.1, 0.15) is 0 Å². The summed E-state index contributed by atoms with van der Waals surface area (Å²) >= 11 is 0. The van der Waals surface area contributed by atoms with Crippen LogP contribution in [0.15, 0.2) is 158 Å². The van der Waals surface area contributed by atoms with Gasteiger partial charge in [0, 0.05) is 41.5 Å². The molecule has 3 heterocycles. The second kappa shape index (κ2) is 11.4. The Morgan fingerprint density at radius 1 is 0.286 bits per heavy atom. The van der Waals surface area contributed by atoms with Gasteiger partial charge in [-0.05, 0) is 81.9 Å². The number of aromatic nitrogens is 4. The molecule has 0 radical (unpaired) electrons.